The van der Waals surface area contributed by atoms with Crippen LogP contribution in [-0.4, -0.2) is 48.0 Å². The lowest BCUT2D eigenvalue weighted by Gasteiger charge is -2.29. The first-order valence-corrected chi connectivity index (χ1v) is 10.3. The Hall–Kier alpha value is -2.86. The van der Waals surface area contributed by atoms with Crippen molar-refractivity contribution in [2.75, 3.05) is 26.4 Å². The Morgan fingerprint density at radius 2 is 1.79 bits per heavy atom. The summed E-state index contributed by atoms with van der Waals surface area (Å²) < 4.78 is 11.0. The molecule has 150 valence electrons. The Labute approximate surface area is 170 Å². The summed E-state index contributed by atoms with van der Waals surface area (Å²) in [5.74, 6) is 1.54. The lowest BCUT2D eigenvalue weighted by atomic mass is 9.98. The number of hydrogen-bond acceptors (Lipinski definition) is 5. The lowest BCUT2D eigenvalue weighted by molar-refractivity contribution is -0.134. The molecule has 0 bridgehead atoms. The van der Waals surface area contributed by atoms with Crippen LogP contribution in [-0.2, 0) is 4.79 Å². The van der Waals surface area contributed by atoms with Crippen molar-refractivity contribution in [2.45, 2.75) is 31.7 Å². The minimum atomic E-state index is -0.128. The van der Waals surface area contributed by atoms with E-state index >= 15 is 0 Å². The van der Waals surface area contributed by atoms with Gasteiger partial charge in [0.05, 0.1) is 18.3 Å². The molecule has 0 spiro atoms. The fourth-order valence-corrected chi connectivity index (χ4v) is 4.31. The van der Waals surface area contributed by atoms with E-state index in [-0.39, 0.29) is 18.7 Å². The molecule has 1 saturated heterocycles. The van der Waals surface area contributed by atoms with Crippen molar-refractivity contribution in [3.8, 4) is 11.5 Å². The predicted octanol–water partition coefficient (Wildman–Crippen LogP) is 3.58. The molecule has 0 radical (unpaired) electrons. The molecule has 3 aliphatic rings. The molecule has 1 fully saturated rings. The fraction of sp³-hybridized carbons (Fsp3) is 0.391. The van der Waals surface area contributed by atoms with Gasteiger partial charge in [0.15, 0.2) is 11.5 Å². The van der Waals surface area contributed by atoms with Gasteiger partial charge in [0.2, 0.25) is 6.79 Å². The Kier molecular flexibility index (Phi) is 4.94. The van der Waals surface area contributed by atoms with Crippen LogP contribution >= 0.6 is 0 Å². The number of amides is 1. The zero-order chi connectivity index (χ0) is 19.6. The topological polar surface area (TPSA) is 54.4 Å². The molecule has 1 amide bonds. The average molecular weight is 391 g/mol. The van der Waals surface area contributed by atoms with Gasteiger partial charge in [0.1, 0.15) is 0 Å². The van der Waals surface area contributed by atoms with Gasteiger partial charge in [-0.2, -0.15) is 5.10 Å². The van der Waals surface area contributed by atoms with Crippen molar-refractivity contribution in [1.29, 1.82) is 0 Å². The fourth-order valence-electron chi connectivity index (χ4n) is 4.31. The average Bonchev–Trinajstić information content (AvgIpc) is 3.42. The monoisotopic (exact) mass is 391 g/mol. The highest BCUT2D eigenvalue weighted by atomic mass is 16.7. The maximum Gasteiger partial charge on any atom is 0.257 e. The summed E-state index contributed by atoms with van der Waals surface area (Å²) in [5.41, 5.74) is 3.03. The van der Waals surface area contributed by atoms with E-state index in [4.69, 9.17) is 14.6 Å². The van der Waals surface area contributed by atoms with Gasteiger partial charge < -0.3 is 9.47 Å². The van der Waals surface area contributed by atoms with E-state index < -0.39 is 0 Å². The summed E-state index contributed by atoms with van der Waals surface area (Å²) in [7, 11) is 0. The van der Waals surface area contributed by atoms with Gasteiger partial charge >= 0.3 is 0 Å². The first-order valence-electron chi connectivity index (χ1n) is 10.3. The van der Waals surface area contributed by atoms with Crippen LogP contribution in [0, 0.1) is 0 Å². The molecule has 0 N–H and O–H groups in total. The Balaban J connectivity index is 1.43. The second-order valence-electron chi connectivity index (χ2n) is 7.82. The van der Waals surface area contributed by atoms with Gasteiger partial charge in [0, 0.05) is 6.42 Å². The number of ether oxygens (including phenoxy) is 2. The molecule has 0 aliphatic carbocycles. The SMILES string of the molecule is O=C(CN1CCCCC1)N1N=C(c2ccccc2)C[C@H]1c1ccc2c(c1)OCO2. The van der Waals surface area contributed by atoms with Gasteiger partial charge in [-0.25, -0.2) is 5.01 Å². The minimum Gasteiger partial charge on any atom is -0.454 e. The molecular weight excluding hydrogens is 366 g/mol. The number of benzene rings is 2. The Morgan fingerprint density at radius 1 is 1.00 bits per heavy atom. The number of carbonyl (C=O) groups excluding carboxylic acids is 1. The standard InChI is InChI=1S/C23H25N3O3/c27-23(15-25-11-5-2-6-12-25)26-20(14-19(24-26)17-7-3-1-4-8-17)18-9-10-21-22(13-18)29-16-28-21/h1,3-4,7-10,13,20H,2,5-6,11-12,14-16H2/t20-/m0/s1. The molecule has 3 heterocycles. The summed E-state index contributed by atoms with van der Waals surface area (Å²) >= 11 is 0. The maximum absolute atomic E-state index is 13.2. The molecule has 0 saturated carbocycles. The van der Waals surface area contributed by atoms with Crippen molar-refractivity contribution in [3.63, 3.8) is 0 Å². The van der Waals surface area contributed by atoms with Crippen molar-refractivity contribution < 1.29 is 14.3 Å². The number of piperidine rings is 1. The van der Waals surface area contributed by atoms with Crippen LogP contribution in [0.4, 0.5) is 0 Å². The molecule has 29 heavy (non-hydrogen) atoms. The van der Waals surface area contributed by atoms with E-state index in [2.05, 4.69) is 4.90 Å². The Morgan fingerprint density at radius 3 is 2.62 bits per heavy atom. The van der Waals surface area contributed by atoms with Crippen molar-refractivity contribution in [1.82, 2.24) is 9.91 Å². The van der Waals surface area contributed by atoms with E-state index in [1.165, 1.54) is 6.42 Å². The second kappa shape index (κ2) is 7.87. The van der Waals surface area contributed by atoms with Crippen LogP contribution in [0.25, 0.3) is 0 Å². The number of hydrazone groups is 1. The highest BCUT2D eigenvalue weighted by Gasteiger charge is 2.34. The quantitative estimate of drug-likeness (QED) is 0.799. The third-order valence-corrected chi connectivity index (χ3v) is 5.86. The largest absolute Gasteiger partial charge is 0.454 e. The number of hydrogen-bond donors (Lipinski definition) is 0. The van der Waals surface area contributed by atoms with Gasteiger partial charge in [-0.1, -0.05) is 42.8 Å². The van der Waals surface area contributed by atoms with Crippen LogP contribution in [0.3, 0.4) is 0 Å². The van der Waals surface area contributed by atoms with Crippen molar-refractivity contribution in [2.24, 2.45) is 5.10 Å². The first-order chi connectivity index (χ1) is 14.3. The predicted molar refractivity (Wildman–Crippen MR) is 110 cm³/mol. The summed E-state index contributed by atoms with van der Waals surface area (Å²) in [4.78, 5) is 15.5. The van der Waals surface area contributed by atoms with Crippen LogP contribution in [0.1, 0.15) is 42.9 Å². The van der Waals surface area contributed by atoms with Crippen LogP contribution in [0.2, 0.25) is 0 Å². The van der Waals surface area contributed by atoms with Crippen LogP contribution in [0.15, 0.2) is 53.6 Å². The van der Waals surface area contributed by atoms with Crippen molar-refractivity contribution >= 4 is 11.6 Å². The van der Waals surface area contributed by atoms with Gasteiger partial charge in [-0.3, -0.25) is 9.69 Å². The number of fused-ring (bicyclic) bond motifs is 1. The van der Waals surface area contributed by atoms with Gasteiger partial charge in [-0.15, -0.1) is 0 Å². The molecule has 3 aliphatic heterocycles. The lowest BCUT2D eigenvalue weighted by Crippen LogP contribution is -2.40. The Bertz CT molecular complexity index is 922. The summed E-state index contributed by atoms with van der Waals surface area (Å²) in [5, 5.41) is 6.47. The third kappa shape index (κ3) is 3.72. The van der Waals surface area contributed by atoms with E-state index in [0.717, 1.165) is 54.3 Å². The number of nitrogens with zero attached hydrogens (tertiary/aromatic N) is 3. The van der Waals surface area contributed by atoms with Gasteiger partial charge in [0.25, 0.3) is 5.91 Å². The van der Waals surface area contributed by atoms with Gasteiger partial charge in [-0.05, 0) is 49.2 Å². The second-order valence-corrected chi connectivity index (χ2v) is 7.82. The molecule has 5 rings (SSSR count). The van der Waals surface area contributed by atoms with E-state index in [0.29, 0.717) is 13.0 Å². The van der Waals surface area contributed by atoms with E-state index in [9.17, 15) is 4.79 Å². The molecule has 0 unspecified atom stereocenters. The number of likely N-dealkylation sites (tertiary alicyclic amines) is 1. The van der Waals surface area contributed by atoms with Crippen molar-refractivity contribution in [3.05, 3.63) is 59.7 Å². The molecule has 2 aromatic rings. The zero-order valence-corrected chi connectivity index (χ0v) is 16.4. The molecular formula is C23H25N3O3. The molecule has 0 aromatic heterocycles. The summed E-state index contributed by atoms with van der Waals surface area (Å²) in [6, 6.07) is 15.9. The molecule has 1 atom stereocenters. The third-order valence-electron chi connectivity index (χ3n) is 5.86. The number of carbonyl (C=O) groups is 1. The highest BCUT2D eigenvalue weighted by molar-refractivity contribution is 6.03. The molecule has 2 aromatic carbocycles. The minimum absolute atomic E-state index is 0.0560. The molecule has 6 heteroatoms. The molecule has 6 nitrogen and oxygen atoms in total. The zero-order valence-electron chi connectivity index (χ0n) is 16.4. The van der Waals surface area contributed by atoms with Crippen LogP contribution in [0.5, 0.6) is 11.5 Å². The first kappa shape index (κ1) is 18.2. The smallest absolute Gasteiger partial charge is 0.257 e. The van der Waals surface area contributed by atoms with E-state index in [1.807, 2.05) is 48.5 Å². The van der Waals surface area contributed by atoms with E-state index in [1.54, 1.807) is 5.01 Å². The normalized spacial score (nSPS) is 21.3. The summed E-state index contributed by atoms with van der Waals surface area (Å²) in [6.45, 7) is 2.65. The van der Waals surface area contributed by atoms with Crippen LogP contribution < -0.4 is 9.47 Å². The summed E-state index contributed by atoms with van der Waals surface area (Å²) in [6.07, 6.45) is 4.27. The number of rotatable bonds is 4. The maximum atomic E-state index is 13.2. The highest BCUT2D eigenvalue weighted by Crippen LogP contribution is 2.39.